The standard InChI is InChI=1S/C14H18N4O/c1-9(14-17-15-8-18(14)2)16-13-6-3-10-7-11(19)4-5-12(10)13/h4-5,7-9,13,16,19H,3,6H2,1-2H3. The Morgan fingerprint density at radius 2 is 2.32 bits per heavy atom. The molecule has 0 saturated heterocycles. The van der Waals surface area contributed by atoms with E-state index in [0.29, 0.717) is 11.8 Å². The number of aromatic nitrogens is 3. The van der Waals surface area contributed by atoms with E-state index in [1.165, 1.54) is 11.1 Å². The number of benzene rings is 1. The highest BCUT2D eigenvalue weighted by Crippen LogP contribution is 2.34. The Kier molecular flexibility index (Phi) is 2.98. The van der Waals surface area contributed by atoms with Crippen molar-refractivity contribution in [1.29, 1.82) is 0 Å². The first kappa shape index (κ1) is 12.2. The lowest BCUT2D eigenvalue weighted by molar-refractivity contribution is 0.441. The van der Waals surface area contributed by atoms with Crippen molar-refractivity contribution in [2.24, 2.45) is 7.05 Å². The van der Waals surface area contributed by atoms with E-state index in [1.807, 2.05) is 23.7 Å². The maximum atomic E-state index is 9.51. The van der Waals surface area contributed by atoms with Crippen molar-refractivity contribution in [3.05, 3.63) is 41.5 Å². The normalized spacial score (nSPS) is 19.4. The number of rotatable bonds is 3. The Morgan fingerprint density at radius 3 is 3.05 bits per heavy atom. The SMILES string of the molecule is CC(NC1CCc2cc(O)ccc21)c1nncn1C. The van der Waals surface area contributed by atoms with Crippen molar-refractivity contribution < 1.29 is 5.11 Å². The van der Waals surface area contributed by atoms with E-state index >= 15 is 0 Å². The molecule has 2 N–H and O–H groups in total. The second-order valence-corrected chi connectivity index (χ2v) is 5.16. The Labute approximate surface area is 112 Å². The first-order chi connectivity index (χ1) is 9.15. The largest absolute Gasteiger partial charge is 0.508 e. The number of phenolic OH excluding ortho intramolecular Hbond substituents is 1. The van der Waals surface area contributed by atoms with E-state index < -0.39 is 0 Å². The summed E-state index contributed by atoms with van der Waals surface area (Å²) in [5.41, 5.74) is 2.52. The van der Waals surface area contributed by atoms with Gasteiger partial charge < -0.3 is 15.0 Å². The number of fused-ring (bicyclic) bond motifs is 1. The highest BCUT2D eigenvalue weighted by Gasteiger charge is 2.25. The van der Waals surface area contributed by atoms with Gasteiger partial charge in [0, 0.05) is 13.1 Å². The van der Waals surface area contributed by atoms with Crippen molar-refractivity contribution in [3.63, 3.8) is 0 Å². The maximum Gasteiger partial charge on any atom is 0.149 e. The molecule has 2 aromatic rings. The van der Waals surface area contributed by atoms with Crippen LogP contribution in [-0.2, 0) is 13.5 Å². The zero-order chi connectivity index (χ0) is 13.4. The minimum atomic E-state index is 0.150. The molecule has 1 heterocycles. The van der Waals surface area contributed by atoms with E-state index in [9.17, 15) is 5.11 Å². The molecule has 0 radical (unpaired) electrons. The lowest BCUT2D eigenvalue weighted by Gasteiger charge is -2.19. The molecular weight excluding hydrogens is 240 g/mol. The molecule has 3 rings (SSSR count). The average molecular weight is 258 g/mol. The second-order valence-electron chi connectivity index (χ2n) is 5.16. The van der Waals surface area contributed by atoms with Gasteiger partial charge in [-0.15, -0.1) is 10.2 Å². The minimum Gasteiger partial charge on any atom is -0.508 e. The predicted molar refractivity (Wildman–Crippen MR) is 71.7 cm³/mol. The summed E-state index contributed by atoms with van der Waals surface area (Å²) >= 11 is 0. The van der Waals surface area contributed by atoms with Crippen molar-refractivity contribution in [2.75, 3.05) is 0 Å². The first-order valence-electron chi connectivity index (χ1n) is 6.57. The number of nitrogens with one attached hydrogen (secondary N) is 1. The fourth-order valence-electron chi connectivity index (χ4n) is 2.84. The predicted octanol–water partition coefficient (Wildman–Crippen LogP) is 1.86. The molecule has 0 spiro atoms. The van der Waals surface area contributed by atoms with Crippen LogP contribution >= 0.6 is 0 Å². The van der Waals surface area contributed by atoms with Crippen LogP contribution in [0.2, 0.25) is 0 Å². The van der Waals surface area contributed by atoms with E-state index in [4.69, 9.17) is 0 Å². The van der Waals surface area contributed by atoms with Crippen molar-refractivity contribution in [3.8, 4) is 5.75 Å². The third kappa shape index (κ3) is 2.21. The fraction of sp³-hybridized carbons (Fsp3) is 0.429. The molecule has 5 heteroatoms. The van der Waals surface area contributed by atoms with Crippen LogP contribution in [0.4, 0.5) is 0 Å². The summed E-state index contributed by atoms with van der Waals surface area (Å²) in [6, 6.07) is 6.11. The van der Waals surface area contributed by atoms with Gasteiger partial charge in [0.1, 0.15) is 17.9 Å². The number of phenols is 1. The topological polar surface area (TPSA) is 63.0 Å². The Morgan fingerprint density at radius 1 is 1.47 bits per heavy atom. The van der Waals surface area contributed by atoms with Crippen LogP contribution in [0.15, 0.2) is 24.5 Å². The molecule has 0 fully saturated rings. The van der Waals surface area contributed by atoms with Gasteiger partial charge in [-0.2, -0.15) is 0 Å². The smallest absolute Gasteiger partial charge is 0.149 e. The van der Waals surface area contributed by atoms with Gasteiger partial charge in [-0.3, -0.25) is 0 Å². The van der Waals surface area contributed by atoms with Crippen LogP contribution in [0.1, 0.15) is 42.4 Å². The van der Waals surface area contributed by atoms with Gasteiger partial charge in [-0.1, -0.05) is 6.07 Å². The van der Waals surface area contributed by atoms with Gasteiger partial charge in [0.15, 0.2) is 0 Å². The summed E-state index contributed by atoms with van der Waals surface area (Å²) in [4.78, 5) is 0. The molecule has 0 bridgehead atoms. The number of hydrogen-bond donors (Lipinski definition) is 2. The third-order valence-electron chi connectivity index (χ3n) is 3.79. The molecule has 1 aromatic carbocycles. The molecule has 2 unspecified atom stereocenters. The summed E-state index contributed by atoms with van der Waals surface area (Å²) in [6.07, 6.45) is 3.78. The lowest BCUT2D eigenvalue weighted by atomic mass is 10.1. The highest BCUT2D eigenvalue weighted by atomic mass is 16.3. The minimum absolute atomic E-state index is 0.150. The monoisotopic (exact) mass is 258 g/mol. The Hall–Kier alpha value is -1.88. The van der Waals surface area contributed by atoms with Crippen molar-refractivity contribution in [1.82, 2.24) is 20.1 Å². The molecule has 0 aliphatic heterocycles. The van der Waals surface area contributed by atoms with Gasteiger partial charge in [0.05, 0.1) is 6.04 Å². The number of aromatic hydroxyl groups is 1. The quantitative estimate of drug-likeness (QED) is 0.882. The maximum absolute atomic E-state index is 9.51. The van der Waals surface area contributed by atoms with Gasteiger partial charge in [0.25, 0.3) is 0 Å². The number of hydrogen-bond acceptors (Lipinski definition) is 4. The van der Waals surface area contributed by atoms with Crippen molar-refractivity contribution >= 4 is 0 Å². The molecule has 0 saturated carbocycles. The Balaban J connectivity index is 1.78. The van der Waals surface area contributed by atoms with Crippen LogP contribution in [0.25, 0.3) is 0 Å². The summed E-state index contributed by atoms with van der Waals surface area (Å²) in [5, 5.41) is 21.2. The summed E-state index contributed by atoms with van der Waals surface area (Å²) < 4.78 is 1.93. The van der Waals surface area contributed by atoms with Gasteiger partial charge in [-0.25, -0.2) is 0 Å². The third-order valence-corrected chi connectivity index (χ3v) is 3.79. The van der Waals surface area contributed by atoms with E-state index in [2.05, 4.69) is 22.4 Å². The molecule has 1 aliphatic rings. The molecule has 1 aromatic heterocycles. The van der Waals surface area contributed by atoms with Gasteiger partial charge >= 0.3 is 0 Å². The van der Waals surface area contributed by atoms with Crippen LogP contribution in [-0.4, -0.2) is 19.9 Å². The average Bonchev–Trinajstić information content (AvgIpc) is 2.96. The van der Waals surface area contributed by atoms with Crippen LogP contribution in [0.3, 0.4) is 0 Å². The zero-order valence-corrected chi connectivity index (χ0v) is 11.2. The molecular formula is C14H18N4O. The summed E-state index contributed by atoms with van der Waals surface area (Å²) in [6.45, 7) is 2.10. The van der Waals surface area contributed by atoms with Gasteiger partial charge in [0.2, 0.25) is 0 Å². The van der Waals surface area contributed by atoms with E-state index in [-0.39, 0.29) is 6.04 Å². The van der Waals surface area contributed by atoms with Crippen LogP contribution in [0, 0.1) is 0 Å². The molecule has 5 nitrogen and oxygen atoms in total. The number of aryl methyl sites for hydroxylation is 2. The molecule has 19 heavy (non-hydrogen) atoms. The number of nitrogens with zero attached hydrogens (tertiary/aromatic N) is 3. The van der Waals surface area contributed by atoms with Crippen LogP contribution in [0.5, 0.6) is 5.75 Å². The molecule has 2 atom stereocenters. The fourth-order valence-corrected chi connectivity index (χ4v) is 2.84. The zero-order valence-electron chi connectivity index (χ0n) is 11.2. The van der Waals surface area contributed by atoms with E-state index in [1.54, 1.807) is 12.4 Å². The summed E-state index contributed by atoms with van der Waals surface area (Å²) in [5.74, 6) is 1.29. The summed E-state index contributed by atoms with van der Waals surface area (Å²) in [7, 11) is 1.95. The first-order valence-corrected chi connectivity index (χ1v) is 6.57. The van der Waals surface area contributed by atoms with Crippen LogP contribution < -0.4 is 5.32 Å². The lowest BCUT2D eigenvalue weighted by Crippen LogP contribution is -2.25. The van der Waals surface area contributed by atoms with E-state index in [0.717, 1.165) is 18.7 Å². The van der Waals surface area contributed by atoms with Crippen molar-refractivity contribution in [2.45, 2.75) is 31.8 Å². The molecule has 0 amide bonds. The molecule has 1 aliphatic carbocycles. The Bertz CT molecular complexity index is 593. The highest BCUT2D eigenvalue weighted by molar-refractivity contribution is 5.40. The second kappa shape index (κ2) is 4.66. The molecule has 100 valence electrons. The van der Waals surface area contributed by atoms with Gasteiger partial charge in [-0.05, 0) is 43.0 Å².